The number of hydrogen-bond acceptors (Lipinski definition) is 4. The Hall–Kier alpha value is -2.38. The summed E-state index contributed by atoms with van der Waals surface area (Å²) in [7, 11) is 0. The van der Waals surface area contributed by atoms with E-state index in [0.717, 1.165) is 24.2 Å². The van der Waals surface area contributed by atoms with E-state index in [2.05, 4.69) is 20.8 Å². The first-order valence-corrected chi connectivity index (χ1v) is 8.61. The minimum atomic E-state index is -0.270. The highest BCUT2D eigenvalue weighted by molar-refractivity contribution is 6.05. The summed E-state index contributed by atoms with van der Waals surface area (Å²) in [6.07, 6.45) is 0.837. The molecule has 2 amide bonds. The second-order valence-electron chi connectivity index (χ2n) is 5.97. The third kappa shape index (κ3) is 4.05. The molecule has 0 bridgehead atoms. The van der Waals surface area contributed by atoms with Crippen LogP contribution in [0.1, 0.15) is 46.0 Å². The van der Waals surface area contributed by atoms with Crippen molar-refractivity contribution in [1.29, 1.82) is 0 Å². The van der Waals surface area contributed by atoms with Crippen LogP contribution in [-0.2, 0) is 13.0 Å². The maximum atomic E-state index is 12.6. The second-order valence-corrected chi connectivity index (χ2v) is 5.97. The molecular formula is C18H24ClN5O2. The molecule has 3 N–H and O–H groups in total. The van der Waals surface area contributed by atoms with Gasteiger partial charge in [0.2, 0.25) is 0 Å². The molecule has 0 spiro atoms. The van der Waals surface area contributed by atoms with Crippen LogP contribution in [0.25, 0.3) is 0 Å². The predicted octanol–water partition coefficient (Wildman–Crippen LogP) is 2.21. The van der Waals surface area contributed by atoms with Crippen LogP contribution in [0.2, 0.25) is 0 Å². The maximum Gasteiger partial charge on any atom is 0.276 e. The first kappa shape index (κ1) is 19.9. The van der Waals surface area contributed by atoms with Gasteiger partial charge in [-0.25, -0.2) is 0 Å². The second kappa shape index (κ2) is 8.82. The Kier molecular flexibility index (Phi) is 6.76. The number of carbonyl (C=O) groups excluding carboxylic acids is 2. The summed E-state index contributed by atoms with van der Waals surface area (Å²) >= 11 is 0. The number of nitrogens with zero attached hydrogens (tertiary/aromatic N) is 2. The predicted molar refractivity (Wildman–Crippen MR) is 103 cm³/mol. The Morgan fingerprint density at radius 1 is 1.27 bits per heavy atom. The third-order valence-electron chi connectivity index (χ3n) is 4.44. The summed E-state index contributed by atoms with van der Waals surface area (Å²) in [6.45, 7) is 6.71. The summed E-state index contributed by atoms with van der Waals surface area (Å²) in [5.74, 6) is -0.309. The van der Waals surface area contributed by atoms with E-state index < -0.39 is 0 Å². The molecule has 140 valence electrons. The van der Waals surface area contributed by atoms with Gasteiger partial charge in [0.1, 0.15) is 0 Å². The number of aromatic amines is 1. The topological polar surface area (TPSA) is 90.1 Å². The number of fused-ring (bicyclic) bond motifs is 1. The Balaban J connectivity index is 0.00000243. The van der Waals surface area contributed by atoms with Crippen molar-refractivity contribution >= 4 is 29.9 Å². The highest BCUT2D eigenvalue weighted by Crippen LogP contribution is 2.18. The monoisotopic (exact) mass is 377 g/mol. The number of amides is 2. The van der Waals surface area contributed by atoms with E-state index >= 15 is 0 Å². The van der Waals surface area contributed by atoms with E-state index in [1.54, 1.807) is 29.2 Å². The van der Waals surface area contributed by atoms with Crippen LogP contribution in [0.5, 0.6) is 0 Å². The molecule has 3 rings (SSSR count). The van der Waals surface area contributed by atoms with E-state index in [9.17, 15) is 9.59 Å². The Morgan fingerprint density at radius 3 is 2.77 bits per heavy atom. The summed E-state index contributed by atoms with van der Waals surface area (Å²) in [4.78, 5) is 26.8. The average Bonchev–Trinajstić information content (AvgIpc) is 3.07. The fraction of sp³-hybridized carbons (Fsp3) is 0.389. The zero-order chi connectivity index (χ0) is 17.8. The van der Waals surface area contributed by atoms with Crippen molar-refractivity contribution in [3.05, 3.63) is 46.8 Å². The molecule has 0 saturated carbocycles. The number of aromatic nitrogens is 2. The molecule has 1 aliphatic rings. The number of hydrogen-bond donors (Lipinski definition) is 3. The first-order valence-electron chi connectivity index (χ1n) is 8.61. The van der Waals surface area contributed by atoms with Gasteiger partial charge in [0.25, 0.3) is 11.8 Å². The molecular weight excluding hydrogens is 354 g/mol. The Bertz CT molecular complexity index is 786. The van der Waals surface area contributed by atoms with Gasteiger partial charge >= 0.3 is 0 Å². The zero-order valence-electron chi connectivity index (χ0n) is 15.0. The normalized spacial score (nSPS) is 12.7. The van der Waals surface area contributed by atoms with E-state index in [1.165, 1.54) is 0 Å². The molecule has 0 fully saturated rings. The lowest BCUT2D eigenvalue weighted by Gasteiger charge is -2.19. The lowest BCUT2D eigenvalue weighted by atomic mass is 10.1. The number of benzene rings is 1. The lowest BCUT2D eigenvalue weighted by Crippen LogP contribution is -2.30. The van der Waals surface area contributed by atoms with Crippen molar-refractivity contribution in [3.8, 4) is 0 Å². The van der Waals surface area contributed by atoms with Gasteiger partial charge in [0.15, 0.2) is 5.69 Å². The molecule has 7 nitrogen and oxygen atoms in total. The van der Waals surface area contributed by atoms with Crippen molar-refractivity contribution in [2.45, 2.75) is 26.8 Å². The van der Waals surface area contributed by atoms with Crippen LogP contribution < -0.4 is 10.6 Å². The molecule has 26 heavy (non-hydrogen) atoms. The van der Waals surface area contributed by atoms with E-state index in [4.69, 9.17) is 0 Å². The van der Waals surface area contributed by atoms with Crippen LogP contribution in [0.4, 0.5) is 5.69 Å². The number of carbonyl (C=O) groups is 2. The van der Waals surface area contributed by atoms with Gasteiger partial charge in [-0.3, -0.25) is 14.7 Å². The smallest absolute Gasteiger partial charge is 0.276 e. The van der Waals surface area contributed by atoms with E-state index in [0.29, 0.717) is 36.6 Å². The van der Waals surface area contributed by atoms with Crippen LogP contribution in [-0.4, -0.2) is 46.5 Å². The number of anilines is 1. The van der Waals surface area contributed by atoms with Crippen molar-refractivity contribution < 1.29 is 9.59 Å². The van der Waals surface area contributed by atoms with Gasteiger partial charge in [-0.15, -0.1) is 12.4 Å². The van der Waals surface area contributed by atoms with Crippen LogP contribution in [0.15, 0.2) is 24.3 Å². The highest BCUT2D eigenvalue weighted by atomic mass is 35.5. The number of nitrogens with one attached hydrogen (secondary N) is 3. The number of halogens is 1. The van der Waals surface area contributed by atoms with Crippen molar-refractivity contribution in [1.82, 2.24) is 20.4 Å². The van der Waals surface area contributed by atoms with Gasteiger partial charge < -0.3 is 15.5 Å². The molecule has 1 aromatic carbocycles. The van der Waals surface area contributed by atoms with E-state index in [-0.39, 0.29) is 24.2 Å². The average molecular weight is 378 g/mol. The minimum Gasteiger partial charge on any atom is -0.339 e. The fourth-order valence-corrected chi connectivity index (χ4v) is 3.03. The van der Waals surface area contributed by atoms with Gasteiger partial charge in [0, 0.05) is 55.1 Å². The fourth-order valence-electron chi connectivity index (χ4n) is 3.03. The third-order valence-corrected chi connectivity index (χ3v) is 4.44. The van der Waals surface area contributed by atoms with Gasteiger partial charge in [-0.1, -0.05) is 6.07 Å². The summed E-state index contributed by atoms with van der Waals surface area (Å²) in [5.41, 5.74) is 3.48. The molecule has 0 unspecified atom stereocenters. The molecule has 2 aromatic rings. The van der Waals surface area contributed by atoms with E-state index in [1.807, 2.05) is 13.8 Å². The largest absolute Gasteiger partial charge is 0.339 e. The lowest BCUT2D eigenvalue weighted by molar-refractivity contribution is 0.0772. The molecule has 0 saturated heterocycles. The SMILES string of the molecule is CCN(CC)C(=O)c1cccc(NC(=O)c2n[nH]c3c2CNCC3)c1.Cl. The Labute approximate surface area is 159 Å². The first-order chi connectivity index (χ1) is 12.1. The van der Waals surface area contributed by atoms with Crippen LogP contribution in [0.3, 0.4) is 0 Å². The molecule has 1 aromatic heterocycles. The van der Waals surface area contributed by atoms with Gasteiger partial charge in [0.05, 0.1) is 0 Å². The molecule has 0 atom stereocenters. The molecule has 8 heteroatoms. The maximum absolute atomic E-state index is 12.6. The van der Waals surface area contributed by atoms with Crippen molar-refractivity contribution in [3.63, 3.8) is 0 Å². The quantitative estimate of drug-likeness (QED) is 0.745. The van der Waals surface area contributed by atoms with Crippen LogP contribution in [0, 0.1) is 0 Å². The van der Waals surface area contributed by atoms with Crippen LogP contribution >= 0.6 is 12.4 Å². The van der Waals surface area contributed by atoms with Crippen molar-refractivity contribution in [2.75, 3.05) is 25.0 Å². The number of H-pyrrole nitrogens is 1. The minimum absolute atomic E-state index is 0. The van der Waals surface area contributed by atoms with Crippen molar-refractivity contribution in [2.24, 2.45) is 0 Å². The highest BCUT2D eigenvalue weighted by Gasteiger charge is 2.22. The molecule has 2 heterocycles. The molecule has 1 aliphatic heterocycles. The van der Waals surface area contributed by atoms with Gasteiger partial charge in [-0.05, 0) is 32.0 Å². The summed E-state index contributed by atoms with van der Waals surface area (Å²) < 4.78 is 0. The number of rotatable bonds is 5. The Morgan fingerprint density at radius 2 is 2.04 bits per heavy atom. The standard InChI is InChI=1S/C18H23N5O2.ClH/c1-3-23(4-2)18(25)12-6-5-7-13(10-12)20-17(24)16-14-11-19-9-8-15(14)21-22-16;/h5-7,10,19H,3-4,8-9,11H2,1-2H3,(H,20,24)(H,21,22);1H. The summed E-state index contributed by atoms with van der Waals surface area (Å²) in [6, 6.07) is 7.01. The molecule has 0 aliphatic carbocycles. The molecule has 0 radical (unpaired) electrons. The zero-order valence-corrected chi connectivity index (χ0v) is 15.8. The van der Waals surface area contributed by atoms with Gasteiger partial charge in [-0.2, -0.15) is 5.10 Å². The summed E-state index contributed by atoms with van der Waals surface area (Å²) in [5, 5.41) is 13.2.